The molecule has 0 bridgehead atoms. The predicted octanol–water partition coefficient (Wildman–Crippen LogP) is 5.39. The fourth-order valence-electron chi connectivity index (χ4n) is 3.81. The van der Waals surface area contributed by atoms with Crippen LogP contribution in [-0.4, -0.2) is 42.8 Å². The molecule has 11 heteroatoms. The molecule has 0 aromatic heterocycles. The molecule has 5 nitrogen and oxygen atoms in total. The van der Waals surface area contributed by atoms with E-state index in [1.54, 1.807) is 6.92 Å². The van der Waals surface area contributed by atoms with E-state index in [4.69, 9.17) is 15.2 Å². The van der Waals surface area contributed by atoms with Crippen molar-refractivity contribution in [3.8, 4) is 0 Å². The average Bonchev–Trinajstić information content (AvgIpc) is 2.66. The lowest BCUT2D eigenvalue weighted by molar-refractivity contribution is -0.143. The summed E-state index contributed by atoms with van der Waals surface area (Å²) in [6.07, 6.45) is -10.7. The summed E-state index contributed by atoms with van der Waals surface area (Å²) in [5, 5.41) is 0. The molecule has 1 aliphatic rings. The average molecular weight is 470 g/mol. The zero-order valence-electron chi connectivity index (χ0n) is 18.3. The molecule has 2 rings (SSSR count). The minimum atomic E-state index is -4.91. The van der Waals surface area contributed by atoms with Gasteiger partial charge in [-0.2, -0.15) is 26.3 Å². The highest BCUT2D eigenvalue weighted by Gasteiger charge is 2.40. The summed E-state index contributed by atoms with van der Waals surface area (Å²) < 4.78 is 89.5. The largest absolute Gasteiger partial charge is 0.446 e. The van der Waals surface area contributed by atoms with Crippen LogP contribution in [0.25, 0.3) is 0 Å². The maximum absolute atomic E-state index is 13.1. The van der Waals surface area contributed by atoms with Crippen LogP contribution in [0.15, 0.2) is 18.2 Å². The SMILES string of the molecule is CC(OC(N)=O)C1CC[C@](C)(CO[C@H](C)c2cc(C(F)(F)F)cc(C(F)(F)F)c2)N(C)C1. The second kappa shape index (κ2) is 9.46. The highest BCUT2D eigenvalue weighted by molar-refractivity contribution is 5.64. The number of benzene rings is 1. The standard InChI is InChI=1S/C21H28F6N2O3/c1-12(15-7-16(20(22,23)24)9-17(8-15)21(25,26)27)31-11-19(3)6-5-14(10-29(19)4)13(2)32-18(28)30/h7-9,12-14H,5-6,10-11H2,1-4H3,(H2,28,30)/t12-,13?,14?,19-/m1/s1. The molecule has 1 aliphatic heterocycles. The molecule has 1 heterocycles. The third-order valence-electron chi connectivity index (χ3n) is 6.17. The number of hydrogen-bond acceptors (Lipinski definition) is 4. The Bertz CT molecular complexity index is 781. The smallest absolute Gasteiger partial charge is 0.416 e. The Hall–Kier alpha value is -2.01. The van der Waals surface area contributed by atoms with Crippen LogP contribution in [-0.2, 0) is 21.8 Å². The Morgan fingerprint density at radius 1 is 1.16 bits per heavy atom. The van der Waals surface area contributed by atoms with Gasteiger partial charge in [-0.05, 0) is 64.4 Å². The van der Waals surface area contributed by atoms with Crippen LogP contribution in [0.3, 0.4) is 0 Å². The first kappa shape index (κ1) is 26.2. The number of nitrogens with two attached hydrogens (primary N) is 1. The fourth-order valence-corrected chi connectivity index (χ4v) is 3.81. The Labute approximate surface area is 182 Å². The summed E-state index contributed by atoms with van der Waals surface area (Å²) in [5.74, 6) is 0.0378. The molecule has 1 aromatic carbocycles. The minimum Gasteiger partial charge on any atom is -0.446 e. The van der Waals surface area contributed by atoms with Crippen molar-refractivity contribution in [1.82, 2.24) is 4.90 Å². The Morgan fingerprint density at radius 3 is 2.12 bits per heavy atom. The number of rotatable bonds is 6. The highest BCUT2D eigenvalue weighted by Crippen LogP contribution is 2.39. The quantitative estimate of drug-likeness (QED) is 0.567. The van der Waals surface area contributed by atoms with Crippen molar-refractivity contribution in [3.63, 3.8) is 0 Å². The van der Waals surface area contributed by atoms with Crippen LogP contribution in [0.1, 0.15) is 56.4 Å². The molecule has 182 valence electrons. The van der Waals surface area contributed by atoms with Gasteiger partial charge in [0.1, 0.15) is 6.10 Å². The number of alkyl halides is 6. The van der Waals surface area contributed by atoms with Gasteiger partial charge in [0.2, 0.25) is 0 Å². The second-order valence-electron chi connectivity index (χ2n) is 8.61. The van der Waals surface area contributed by atoms with Crippen molar-refractivity contribution < 1.29 is 40.6 Å². The number of carbonyl (C=O) groups is 1. The number of likely N-dealkylation sites (tertiary alicyclic amines) is 1. The maximum atomic E-state index is 13.1. The van der Waals surface area contributed by atoms with E-state index in [0.29, 0.717) is 31.5 Å². The number of amides is 1. The van der Waals surface area contributed by atoms with Crippen molar-refractivity contribution in [3.05, 3.63) is 34.9 Å². The number of nitrogens with zero attached hydrogens (tertiary/aromatic N) is 1. The lowest BCUT2D eigenvalue weighted by Gasteiger charge is -2.46. The topological polar surface area (TPSA) is 64.8 Å². The summed E-state index contributed by atoms with van der Waals surface area (Å²) in [7, 11) is 1.84. The first-order chi connectivity index (χ1) is 14.5. The Kier molecular flexibility index (Phi) is 7.76. The number of primary amides is 1. The second-order valence-corrected chi connectivity index (χ2v) is 8.61. The number of halogens is 6. The van der Waals surface area contributed by atoms with E-state index in [9.17, 15) is 31.1 Å². The molecule has 2 N–H and O–H groups in total. The van der Waals surface area contributed by atoms with Crippen LogP contribution < -0.4 is 5.73 Å². The lowest BCUT2D eigenvalue weighted by atomic mass is 9.82. The van der Waals surface area contributed by atoms with E-state index in [1.807, 2.05) is 18.9 Å². The monoisotopic (exact) mass is 470 g/mol. The van der Waals surface area contributed by atoms with Crippen LogP contribution >= 0.6 is 0 Å². The van der Waals surface area contributed by atoms with Gasteiger partial charge in [-0.15, -0.1) is 0 Å². The number of ether oxygens (including phenoxy) is 2. The lowest BCUT2D eigenvalue weighted by Crippen LogP contribution is -2.54. The van der Waals surface area contributed by atoms with Crippen molar-refractivity contribution in [2.45, 2.75) is 63.7 Å². The van der Waals surface area contributed by atoms with Gasteiger partial charge in [-0.1, -0.05) is 0 Å². The van der Waals surface area contributed by atoms with Crippen LogP contribution in [0.2, 0.25) is 0 Å². The molecule has 1 saturated heterocycles. The summed E-state index contributed by atoms with van der Waals surface area (Å²) in [6, 6.07) is 1.47. The normalized spacial score (nSPS) is 24.8. The van der Waals surface area contributed by atoms with E-state index < -0.39 is 41.2 Å². The molecule has 32 heavy (non-hydrogen) atoms. The zero-order valence-corrected chi connectivity index (χ0v) is 18.3. The molecule has 1 fully saturated rings. The molecule has 1 aromatic rings. The number of hydrogen-bond donors (Lipinski definition) is 1. The molecular formula is C21H28F6N2O3. The number of piperidine rings is 1. The van der Waals surface area contributed by atoms with Gasteiger partial charge in [-0.25, -0.2) is 4.79 Å². The summed E-state index contributed by atoms with van der Waals surface area (Å²) >= 11 is 0. The molecule has 0 aliphatic carbocycles. The van der Waals surface area contributed by atoms with Crippen molar-refractivity contribution in [1.29, 1.82) is 0 Å². The van der Waals surface area contributed by atoms with E-state index in [2.05, 4.69) is 0 Å². The van der Waals surface area contributed by atoms with Crippen LogP contribution in [0.4, 0.5) is 31.1 Å². The van der Waals surface area contributed by atoms with Gasteiger partial charge in [0.15, 0.2) is 0 Å². The van der Waals surface area contributed by atoms with Crippen LogP contribution in [0, 0.1) is 5.92 Å². The molecule has 0 saturated carbocycles. The van der Waals surface area contributed by atoms with Gasteiger partial charge < -0.3 is 15.2 Å². The molecular weight excluding hydrogens is 442 g/mol. The van der Waals surface area contributed by atoms with Crippen molar-refractivity contribution >= 4 is 6.09 Å². The molecule has 0 radical (unpaired) electrons. The van der Waals surface area contributed by atoms with Gasteiger partial charge >= 0.3 is 18.4 Å². The van der Waals surface area contributed by atoms with E-state index in [0.717, 1.165) is 0 Å². The highest BCUT2D eigenvalue weighted by atomic mass is 19.4. The zero-order chi connectivity index (χ0) is 24.5. The van der Waals surface area contributed by atoms with E-state index >= 15 is 0 Å². The third-order valence-corrected chi connectivity index (χ3v) is 6.17. The fraction of sp³-hybridized carbons (Fsp3) is 0.667. The van der Waals surface area contributed by atoms with E-state index in [1.165, 1.54) is 6.92 Å². The maximum Gasteiger partial charge on any atom is 0.416 e. The van der Waals surface area contributed by atoms with Gasteiger partial charge in [-0.3, -0.25) is 4.90 Å². The Balaban J connectivity index is 2.12. The molecule has 0 spiro atoms. The number of carbonyl (C=O) groups excluding carboxylic acids is 1. The summed E-state index contributed by atoms with van der Waals surface area (Å²) in [5.41, 5.74) is 1.63. The third kappa shape index (κ3) is 6.50. The van der Waals surface area contributed by atoms with E-state index in [-0.39, 0.29) is 30.3 Å². The number of likely N-dealkylation sites (N-methyl/N-ethyl adjacent to an activating group) is 1. The van der Waals surface area contributed by atoms with Gasteiger partial charge in [0.25, 0.3) is 0 Å². The minimum absolute atomic E-state index is 0.0378. The van der Waals surface area contributed by atoms with Gasteiger partial charge in [0, 0.05) is 18.0 Å². The first-order valence-electron chi connectivity index (χ1n) is 10.1. The van der Waals surface area contributed by atoms with Crippen molar-refractivity contribution in [2.75, 3.05) is 20.2 Å². The molecule has 2 unspecified atom stereocenters. The van der Waals surface area contributed by atoms with Gasteiger partial charge in [0.05, 0.1) is 23.8 Å². The van der Waals surface area contributed by atoms with Crippen molar-refractivity contribution in [2.24, 2.45) is 11.7 Å². The van der Waals surface area contributed by atoms with Crippen LogP contribution in [0.5, 0.6) is 0 Å². The summed E-state index contributed by atoms with van der Waals surface area (Å²) in [6.45, 7) is 5.73. The Morgan fingerprint density at radius 2 is 1.69 bits per heavy atom. The molecule has 1 amide bonds. The molecule has 4 atom stereocenters. The predicted molar refractivity (Wildman–Crippen MR) is 105 cm³/mol. The summed E-state index contributed by atoms with van der Waals surface area (Å²) in [4.78, 5) is 13.0. The first-order valence-corrected chi connectivity index (χ1v) is 10.1.